The number of esters is 1. The van der Waals surface area contributed by atoms with Gasteiger partial charge in [-0.05, 0) is 28.7 Å². The minimum absolute atomic E-state index is 0.386. The van der Waals surface area contributed by atoms with E-state index < -0.39 is 0 Å². The molecule has 1 heterocycles. The maximum absolute atomic E-state index is 11.6. The van der Waals surface area contributed by atoms with E-state index in [1.807, 2.05) is 18.2 Å². The Bertz CT molecular complexity index is 584. The maximum atomic E-state index is 11.6. The minimum Gasteiger partial charge on any atom is -0.465 e. The highest BCUT2D eigenvalue weighted by atomic mass is 127. The fourth-order valence-corrected chi connectivity index (χ4v) is 2.36. The molecule has 4 nitrogen and oxygen atoms in total. The summed E-state index contributed by atoms with van der Waals surface area (Å²) in [5.74, 6) is -0.386. The Morgan fingerprint density at radius 1 is 1.47 bits per heavy atom. The van der Waals surface area contributed by atoms with E-state index in [2.05, 4.69) is 32.9 Å². The molecule has 88 valence electrons. The molecule has 0 saturated heterocycles. The number of rotatable bonds is 2. The lowest BCUT2D eigenvalue weighted by molar-refractivity contribution is 0.0601. The van der Waals surface area contributed by atoms with Crippen molar-refractivity contribution in [1.82, 2.24) is 4.98 Å². The van der Waals surface area contributed by atoms with Crippen molar-refractivity contribution in [1.29, 1.82) is 0 Å². The summed E-state index contributed by atoms with van der Waals surface area (Å²) < 4.78 is 5.79. The molecule has 1 N–H and O–H groups in total. The van der Waals surface area contributed by atoms with Gasteiger partial charge >= 0.3 is 5.97 Å². The highest BCUT2D eigenvalue weighted by Crippen LogP contribution is 2.28. The number of anilines is 1. The van der Waals surface area contributed by atoms with Gasteiger partial charge < -0.3 is 10.1 Å². The molecule has 1 aromatic heterocycles. The second-order valence-corrected chi connectivity index (χ2v) is 4.59. The Balaban J connectivity index is 2.78. The van der Waals surface area contributed by atoms with Crippen molar-refractivity contribution >= 4 is 45.2 Å². The minimum atomic E-state index is -0.386. The van der Waals surface area contributed by atoms with Crippen molar-refractivity contribution in [3.63, 3.8) is 0 Å². The van der Waals surface area contributed by atoms with Crippen molar-refractivity contribution in [3.05, 3.63) is 33.5 Å². The smallest absolute Gasteiger partial charge is 0.341 e. The molecule has 0 radical (unpaired) electrons. The van der Waals surface area contributed by atoms with Gasteiger partial charge in [-0.1, -0.05) is 12.1 Å². The Hall–Kier alpha value is -1.37. The van der Waals surface area contributed by atoms with Crippen LogP contribution in [0, 0.1) is 3.57 Å². The third-order valence-corrected chi connectivity index (χ3v) is 3.37. The van der Waals surface area contributed by atoms with Gasteiger partial charge in [0.1, 0.15) is 5.56 Å². The molecule has 0 bridgehead atoms. The zero-order valence-corrected chi connectivity index (χ0v) is 11.6. The van der Waals surface area contributed by atoms with Crippen LogP contribution in [-0.2, 0) is 4.74 Å². The van der Waals surface area contributed by atoms with Crippen molar-refractivity contribution in [2.75, 3.05) is 19.5 Å². The standard InChI is InChI=1S/C12H11IN2O2/c1-14-10-7-4-3-5-9(13)11(7)15-6-8(10)12(16)17-2/h3-6H,1-2H3,(H,14,15). The third kappa shape index (κ3) is 2.06. The quantitative estimate of drug-likeness (QED) is 0.674. The number of para-hydroxylation sites is 1. The number of benzene rings is 1. The van der Waals surface area contributed by atoms with Crippen molar-refractivity contribution in [2.24, 2.45) is 0 Å². The second kappa shape index (κ2) is 4.87. The number of nitrogens with one attached hydrogen (secondary N) is 1. The largest absolute Gasteiger partial charge is 0.465 e. The first kappa shape index (κ1) is 12.1. The van der Waals surface area contributed by atoms with Gasteiger partial charge in [0.2, 0.25) is 0 Å². The number of carbonyl (C=O) groups is 1. The van der Waals surface area contributed by atoms with E-state index in [1.54, 1.807) is 13.2 Å². The number of methoxy groups -OCH3 is 1. The Morgan fingerprint density at radius 2 is 2.24 bits per heavy atom. The first-order valence-electron chi connectivity index (χ1n) is 5.02. The molecule has 0 atom stereocenters. The summed E-state index contributed by atoms with van der Waals surface area (Å²) in [6.07, 6.45) is 1.54. The lowest BCUT2D eigenvalue weighted by atomic mass is 10.1. The normalized spacial score (nSPS) is 10.3. The summed E-state index contributed by atoms with van der Waals surface area (Å²) in [5.41, 5.74) is 2.08. The first-order chi connectivity index (χ1) is 8.19. The summed E-state index contributed by atoms with van der Waals surface area (Å²) in [4.78, 5) is 15.9. The average Bonchev–Trinajstić information content (AvgIpc) is 2.37. The molecule has 0 aliphatic rings. The van der Waals surface area contributed by atoms with Crippen LogP contribution in [0.5, 0.6) is 0 Å². The first-order valence-corrected chi connectivity index (χ1v) is 6.10. The predicted molar refractivity (Wildman–Crippen MR) is 75.3 cm³/mol. The van der Waals surface area contributed by atoms with Crippen LogP contribution in [0.1, 0.15) is 10.4 Å². The van der Waals surface area contributed by atoms with Crippen LogP contribution in [0.2, 0.25) is 0 Å². The van der Waals surface area contributed by atoms with Crippen LogP contribution in [0.3, 0.4) is 0 Å². The maximum Gasteiger partial charge on any atom is 0.341 e. The number of ether oxygens (including phenoxy) is 1. The number of hydrogen-bond donors (Lipinski definition) is 1. The van der Waals surface area contributed by atoms with E-state index in [0.29, 0.717) is 5.56 Å². The van der Waals surface area contributed by atoms with Crippen LogP contribution < -0.4 is 5.32 Å². The molecule has 0 aliphatic heterocycles. The van der Waals surface area contributed by atoms with Crippen LogP contribution in [-0.4, -0.2) is 25.1 Å². The number of pyridine rings is 1. The third-order valence-electron chi connectivity index (χ3n) is 2.50. The van der Waals surface area contributed by atoms with Gasteiger partial charge in [-0.15, -0.1) is 0 Å². The SMILES string of the molecule is CNc1c(C(=O)OC)cnc2c(I)cccc12. The molecule has 0 amide bonds. The zero-order valence-electron chi connectivity index (χ0n) is 9.45. The summed E-state index contributed by atoms with van der Waals surface area (Å²) >= 11 is 2.22. The highest BCUT2D eigenvalue weighted by Gasteiger charge is 2.15. The van der Waals surface area contributed by atoms with Gasteiger partial charge in [-0.3, -0.25) is 4.98 Å². The molecule has 0 saturated carbocycles. The van der Waals surface area contributed by atoms with Crippen LogP contribution in [0.25, 0.3) is 10.9 Å². The van der Waals surface area contributed by atoms with Crippen LogP contribution >= 0.6 is 22.6 Å². The fraction of sp³-hybridized carbons (Fsp3) is 0.167. The molecule has 1 aromatic carbocycles. The van der Waals surface area contributed by atoms with Gasteiger partial charge in [0.05, 0.1) is 18.3 Å². The molecule has 0 spiro atoms. The fourth-order valence-electron chi connectivity index (χ4n) is 1.72. The summed E-state index contributed by atoms with van der Waals surface area (Å²) in [7, 11) is 3.14. The van der Waals surface area contributed by atoms with E-state index >= 15 is 0 Å². The van der Waals surface area contributed by atoms with Gasteiger partial charge in [-0.2, -0.15) is 0 Å². The van der Waals surface area contributed by atoms with Crippen molar-refractivity contribution in [2.45, 2.75) is 0 Å². The molecule has 17 heavy (non-hydrogen) atoms. The number of hydrogen-bond acceptors (Lipinski definition) is 4. The van der Waals surface area contributed by atoms with E-state index in [1.165, 1.54) is 7.11 Å². The molecule has 2 aromatic rings. The van der Waals surface area contributed by atoms with E-state index in [-0.39, 0.29) is 5.97 Å². The van der Waals surface area contributed by atoms with Gasteiger partial charge in [0, 0.05) is 22.2 Å². The average molecular weight is 342 g/mol. The molecular weight excluding hydrogens is 331 g/mol. The molecule has 0 unspecified atom stereocenters. The van der Waals surface area contributed by atoms with E-state index in [0.717, 1.165) is 20.2 Å². The number of carbonyl (C=O) groups excluding carboxylic acids is 1. The van der Waals surface area contributed by atoms with E-state index in [4.69, 9.17) is 4.74 Å². The summed E-state index contributed by atoms with van der Waals surface area (Å²) in [6, 6.07) is 5.85. The molecule has 5 heteroatoms. The number of fused-ring (bicyclic) bond motifs is 1. The second-order valence-electron chi connectivity index (χ2n) is 3.42. The number of halogens is 1. The molecular formula is C12H11IN2O2. The zero-order chi connectivity index (χ0) is 12.4. The lowest BCUT2D eigenvalue weighted by Crippen LogP contribution is -2.07. The van der Waals surface area contributed by atoms with E-state index in [9.17, 15) is 4.79 Å². The summed E-state index contributed by atoms with van der Waals surface area (Å²) in [5, 5.41) is 3.96. The van der Waals surface area contributed by atoms with Gasteiger partial charge in [0.25, 0.3) is 0 Å². The molecule has 0 aliphatic carbocycles. The Labute approximate surface area is 113 Å². The molecule has 0 fully saturated rings. The van der Waals surface area contributed by atoms with Crippen LogP contribution in [0.15, 0.2) is 24.4 Å². The van der Waals surface area contributed by atoms with Crippen LogP contribution in [0.4, 0.5) is 5.69 Å². The highest BCUT2D eigenvalue weighted by molar-refractivity contribution is 14.1. The lowest BCUT2D eigenvalue weighted by Gasteiger charge is -2.11. The topological polar surface area (TPSA) is 51.2 Å². The number of aromatic nitrogens is 1. The van der Waals surface area contributed by atoms with Crippen molar-refractivity contribution < 1.29 is 9.53 Å². The number of nitrogens with zero attached hydrogens (tertiary/aromatic N) is 1. The van der Waals surface area contributed by atoms with Gasteiger partial charge in [0.15, 0.2) is 0 Å². The van der Waals surface area contributed by atoms with Gasteiger partial charge in [-0.25, -0.2) is 4.79 Å². The van der Waals surface area contributed by atoms with Crippen molar-refractivity contribution in [3.8, 4) is 0 Å². The summed E-state index contributed by atoms with van der Waals surface area (Å²) in [6.45, 7) is 0. The Morgan fingerprint density at radius 3 is 2.88 bits per heavy atom. The molecule has 2 rings (SSSR count). The predicted octanol–water partition coefficient (Wildman–Crippen LogP) is 2.67. The Kier molecular flexibility index (Phi) is 3.46. The monoisotopic (exact) mass is 342 g/mol.